The summed E-state index contributed by atoms with van der Waals surface area (Å²) in [5.41, 5.74) is 0.693. The number of halogens is 1. The summed E-state index contributed by atoms with van der Waals surface area (Å²) in [6, 6.07) is 9.26. The number of rotatable bonds is 0. The number of nitriles is 1. The molecule has 3 heteroatoms. The van der Waals surface area contributed by atoms with Gasteiger partial charge in [0.15, 0.2) is 0 Å². The second-order valence-corrected chi connectivity index (χ2v) is 2.53. The van der Waals surface area contributed by atoms with Crippen molar-refractivity contribution in [2.75, 3.05) is 0 Å². The van der Waals surface area contributed by atoms with E-state index in [1.165, 1.54) is 0 Å². The molecule has 0 aliphatic heterocycles. The topological polar surface area (TPSA) is 23.8 Å². The van der Waals surface area contributed by atoms with Gasteiger partial charge in [0.25, 0.3) is 0 Å². The average Bonchev–Trinajstić information content (AvgIpc) is 1.90. The molecule has 0 radical (unpaired) electrons. The summed E-state index contributed by atoms with van der Waals surface area (Å²) in [6.07, 6.45) is 0. The molecule has 0 saturated heterocycles. The van der Waals surface area contributed by atoms with Crippen LogP contribution in [0.25, 0.3) is 0 Å². The van der Waals surface area contributed by atoms with Gasteiger partial charge in [-0.15, -0.1) is 0 Å². The first-order valence-corrected chi connectivity index (χ1v) is 3.28. The Morgan fingerprint density at radius 1 is 1.20 bits per heavy atom. The van der Waals surface area contributed by atoms with Gasteiger partial charge in [0, 0.05) is 4.47 Å². The summed E-state index contributed by atoms with van der Waals surface area (Å²) in [7, 11) is 0. The van der Waals surface area contributed by atoms with Crippen LogP contribution in [0.2, 0.25) is 0 Å². The van der Waals surface area contributed by atoms with Crippen LogP contribution in [-0.2, 0) is 0 Å². The fourth-order valence-electron chi connectivity index (χ4n) is 0.524. The molecule has 0 unspecified atom stereocenters. The summed E-state index contributed by atoms with van der Waals surface area (Å²) < 4.78 is 1.00. The smallest absolute Gasteiger partial charge is 0.192 e. The van der Waals surface area contributed by atoms with Crippen molar-refractivity contribution in [1.82, 2.24) is 0 Å². The SMILES string of the molecule is N#Cc1ccc(Br)cc1.[MgH2]. The van der Waals surface area contributed by atoms with Crippen LogP contribution < -0.4 is 0 Å². The average molecular weight is 208 g/mol. The molecule has 0 heterocycles. The Morgan fingerprint density at radius 3 is 2.10 bits per heavy atom. The number of benzene rings is 1. The maximum atomic E-state index is 8.36. The van der Waals surface area contributed by atoms with Crippen molar-refractivity contribution in [2.45, 2.75) is 0 Å². The van der Waals surface area contributed by atoms with Gasteiger partial charge in [-0.2, -0.15) is 5.26 Å². The molecule has 48 valence electrons. The predicted molar refractivity (Wildman–Crippen MR) is 47.4 cm³/mol. The molecule has 0 N–H and O–H groups in total. The first kappa shape index (κ1) is 9.96. The molecule has 10 heavy (non-hydrogen) atoms. The number of nitrogens with zero attached hydrogens (tertiary/aromatic N) is 1. The lowest BCUT2D eigenvalue weighted by atomic mass is 10.2. The third-order valence-corrected chi connectivity index (χ3v) is 1.50. The van der Waals surface area contributed by atoms with Crippen LogP contribution in [0.3, 0.4) is 0 Å². The van der Waals surface area contributed by atoms with Gasteiger partial charge in [-0.25, -0.2) is 0 Å². The van der Waals surface area contributed by atoms with Gasteiger partial charge in [0.2, 0.25) is 0 Å². The molecule has 1 aromatic carbocycles. The molecule has 0 aliphatic carbocycles. The van der Waals surface area contributed by atoms with Crippen molar-refractivity contribution >= 4 is 39.0 Å². The molecule has 0 fully saturated rings. The molecular formula is C7H6BrMgN. The molecule has 1 nitrogen and oxygen atoms in total. The minimum atomic E-state index is 0. The Morgan fingerprint density at radius 2 is 1.70 bits per heavy atom. The highest BCUT2D eigenvalue weighted by Crippen LogP contribution is 2.08. The van der Waals surface area contributed by atoms with E-state index in [0.29, 0.717) is 5.56 Å². The Kier molecular flexibility index (Phi) is 4.70. The summed E-state index contributed by atoms with van der Waals surface area (Å²) in [5.74, 6) is 0. The molecule has 0 aromatic heterocycles. The van der Waals surface area contributed by atoms with Crippen molar-refractivity contribution in [3.63, 3.8) is 0 Å². The van der Waals surface area contributed by atoms with E-state index in [0.717, 1.165) is 4.47 Å². The highest BCUT2D eigenvalue weighted by molar-refractivity contribution is 9.10. The van der Waals surface area contributed by atoms with Crippen molar-refractivity contribution in [3.05, 3.63) is 34.3 Å². The quantitative estimate of drug-likeness (QED) is 0.591. The summed E-state index contributed by atoms with van der Waals surface area (Å²) in [6.45, 7) is 0. The highest BCUT2D eigenvalue weighted by Gasteiger charge is 1.86. The standard InChI is InChI=1S/C7H4BrN.Mg.2H/c8-7-3-1-6(5-9)2-4-7;;;/h1-4H;;;. The molecular weight excluding hydrogens is 202 g/mol. The lowest BCUT2D eigenvalue weighted by molar-refractivity contribution is 1.48. The van der Waals surface area contributed by atoms with Crippen LogP contribution in [0.15, 0.2) is 28.7 Å². The zero-order valence-electron chi connectivity index (χ0n) is 4.63. The van der Waals surface area contributed by atoms with E-state index in [4.69, 9.17) is 5.26 Å². The van der Waals surface area contributed by atoms with Gasteiger partial charge in [0.1, 0.15) is 0 Å². The third kappa shape index (κ3) is 2.69. The second kappa shape index (κ2) is 4.72. The van der Waals surface area contributed by atoms with Crippen LogP contribution >= 0.6 is 15.9 Å². The Hall–Kier alpha value is -0.0438. The van der Waals surface area contributed by atoms with E-state index in [1.807, 2.05) is 18.2 Å². The minimum absolute atomic E-state index is 0. The van der Waals surface area contributed by atoms with Gasteiger partial charge in [-0.1, -0.05) is 15.9 Å². The fourth-order valence-corrected chi connectivity index (χ4v) is 0.789. The maximum absolute atomic E-state index is 8.36. The molecule has 0 bridgehead atoms. The van der Waals surface area contributed by atoms with Crippen LogP contribution in [-0.4, -0.2) is 23.1 Å². The van der Waals surface area contributed by atoms with Crippen molar-refractivity contribution < 1.29 is 0 Å². The Bertz CT molecular complexity index is 237. The summed E-state index contributed by atoms with van der Waals surface area (Å²) >= 11 is 3.27. The van der Waals surface area contributed by atoms with Crippen LogP contribution in [0.4, 0.5) is 0 Å². The molecule has 0 saturated carbocycles. The van der Waals surface area contributed by atoms with Gasteiger partial charge >= 0.3 is 23.1 Å². The lowest BCUT2D eigenvalue weighted by Crippen LogP contribution is -1.69. The first-order chi connectivity index (χ1) is 4.33. The number of hydrogen-bond donors (Lipinski definition) is 0. The second-order valence-electron chi connectivity index (χ2n) is 1.62. The fraction of sp³-hybridized carbons (Fsp3) is 0. The van der Waals surface area contributed by atoms with Gasteiger partial charge in [-0.05, 0) is 24.3 Å². The van der Waals surface area contributed by atoms with Crippen LogP contribution in [0, 0.1) is 11.3 Å². The van der Waals surface area contributed by atoms with Gasteiger partial charge < -0.3 is 0 Å². The largest absolute Gasteiger partial charge is 0.316 e. The zero-order chi connectivity index (χ0) is 6.69. The molecule has 0 aliphatic rings. The lowest BCUT2D eigenvalue weighted by Gasteiger charge is -1.86. The first-order valence-electron chi connectivity index (χ1n) is 2.48. The molecule has 0 atom stereocenters. The van der Waals surface area contributed by atoms with Gasteiger partial charge in [-0.3, -0.25) is 0 Å². The monoisotopic (exact) mass is 207 g/mol. The molecule has 0 spiro atoms. The van der Waals surface area contributed by atoms with Crippen molar-refractivity contribution in [2.24, 2.45) is 0 Å². The van der Waals surface area contributed by atoms with E-state index in [9.17, 15) is 0 Å². The minimum Gasteiger partial charge on any atom is -0.192 e. The summed E-state index contributed by atoms with van der Waals surface area (Å²) in [4.78, 5) is 0. The Labute approximate surface area is 84.3 Å². The van der Waals surface area contributed by atoms with Crippen molar-refractivity contribution in [3.8, 4) is 6.07 Å². The van der Waals surface area contributed by atoms with E-state index in [1.54, 1.807) is 12.1 Å². The highest BCUT2D eigenvalue weighted by atomic mass is 79.9. The molecule has 0 amide bonds. The van der Waals surface area contributed by atoms with Gasteiger partial charge in [0.05, 0.1) is 11.6 Å². The maximum Gasteiger partial charge on any atom is 0.316 e. The zero-order valence-corrected chi connectivity index (χ0v) is 6.22. The third-order valence-electron chi connectivity index (χ3n) is 0.973. The van der Waals surface area contributed by atoms with Crippen molar-refractivity contribution in [1.29, 1.82) is 5.26 Å². The van der Waals surface area contributed by atoms with E-state index in [2.05, 4.69) is 15.9 Å². The van der Waals surface area contributed by atoms with E-state index >= 15 is 0 Å². The summed E-state index contributed by atoms with van der Waals surface area (Å²) in [5, 5.41) is 8.36. The molecule has 1 rings (SSSR count). The number of hydrogen-bond acceptors (Lipinski definition) is 1. The Balaban J connectivity index is 0.000000810. The normalized spacial score (nSPS) is 7.60. The molecule has 1 aromatic rings. The van der Waals surface area contributed by atoms with Crippen LogP contribution in [0.1, 0.15) is 5.56 Å². The van der Waals surface area contributed by atoms with Crippen LogP contribution in [0.5, 0.6) is 0 Å². The van der Waals surface area contributed by atoms with E-state index in [-0.39, 0.29) is 23.1 Å². The van der Waals surface area contributed by atoms with E-state index < -0.39 is 0 Å². The predicted octanol–water partition coefficient (Wildman–Crippen LogP) is 1.40.